The highest BCUT2D eigenvalue weighted by molar-refractivity contribution is 5.90. The number of carbonyl (C=O) groups is 1. The van der Waals surface area contributed by atoms with Crippen LogP contribution in [0.5, 0.6) is 0 Å². The molecule has 7 nitrogen and oxygen atoms in total. The van der Waals surface area contributed by atoms with Gasteiger partial charge in [-0.25, -0.2) is 4.79 Å². The van der Waals surface area contributed by atoms with Crippen molar-refractivity contribution < 1.29 is 20.3 Å². The van der Waals surface area contributed by atoms with Crippen molar-refractivity contribution >= 4 is 17.8 Å². The van der Waals surface area contributed by atoms with Crippen LogP contribution >= 0.6 is 0 Å². The molecule has 20 heavy (non-hydrogen) atoms. The maximum Gasteiger partial charge on any atom is 0.365 e. The number of benzene rings is 1. The molecule has 0 fully saturated rings. The summed E-state index contributed by atoms with van der Waals surface area (Å²) in [6.45, 7) is 1.71. The summed E-state index contributed by atoms with van der Waals surface area (Å²) in [5.74, 6) is -0.0476. The van der Waals surface area contributed by atoms with Gasteiger partial charge >= 0.3 is 5.97 Å². The maximum absolute atomic E-state index is 11.7. The number of nitrogens with zero attached hydrogens (tertiary/aromatic N) is 2. The number of nitro benzene ring substituents is 1. The first kappa shape index (κ1) is 12.1. The molecular formula is C13H10N2O5. The predicted octanol–water partition coefficient (Wildman–Crippen LogP) is 2.69. The van der Waals surface area contributed by atoms with Crippen molar-refractivity contribution in [3.8, 4) is 0 Å². The predicted molar refractivity (Wildman–Crippen MR) is 69.6 cm³/mol. The van der Waals surface area contributed by atoms with Crippen molar-refractivity contribution in [2.75, 3.05) is 0 Å². The summed E-state index contributed by atoms with van der Waals surface area (Å²) in [4.78, 5) is 26.2. The maximum atomic E-state index is 11.7. The minimum Gasteiger partial charge on any atom is -0.460 e. The van der Waals surface area contributed by atoms with E-state index in [0.717, 1.165) is 0 Å². The largest absolute Gasteiger partial charge is 0.460 e. The second kappa shape index (κ2) is 5.79. The Morgan fingerprint density at radius 1 is 1.40 bits per heavy atom. The number of rotatable bonds is 4. The molecule has 0 bridgehead atoms. The fourth-order valence-corrected chi connectivity index (χ4v) is 1.38. The van der Waals surface area contributed by atoms with Crippen molar-refractivity contribution in [1.82, 2.24) is 0 Å². The number of hydrogen-bond donors (Lipinski definition) is 0. The molecule has 0 aliphatic heterocycles. The van der Waals surface area contributed by atoms with Crippen molar-refractivity contribution in [1.29, 1.82) is 0 Å². The molecule has 2 aromatic rings. The molecule has 0 N–H and O–H groups in total. The van der Waals surface area contributed by atoms with Crippen molar-refractivity contribution in [3.05, 3.63) is 63.6 Å². The minimum atomic E-state index is -0.821. The van der Waals surface area contributed by atoms with E-state index in [-0.39, 0.29) is 23.2 Å². The van der Waals surface area contributed by atoms with Gasteiger partial charge in [-0.15, -0.1) is 0 Å². The summed E-state index contributed by atoms with van der Waals surface area (Å²) < 4.78 is 12.7. The first-order valence-electron chi connectivity index (χ1n) is 6.04. The van der Waals surface area contributed by atoms with Gasteiger partial charge in [0.15, 0.2) is 0 Å². The van der Waals surface area contributed by atoms with Crippen molar-refractivity contribution in [2.45, 2.75) is 6.92 Å². The lowest BCUT2D eigenvalue weighted by atomic mass is 10.2. The van der Waals surface area contributed by atoms with E-state index in [1.165, 1.54) is 30.3 Å². The number of carbonyl (C=O) groups excluding carboxylic acids is 1. The summed E-state index contributed by atoms with van der Waals surface area (Å²) in [5, 5.41) is 13.8. The number of non-ortho nitro benzene ring substituents is 1. The molecule has 0 spiro atoms. The summed E-state index contributed by atoms with van der Waals surface area (Å²) in [6, 6.07) is 8.03. The van der Waals surface area contributed by atoms with Crippen LogP contribution in [0, 0.1) is 17.0 Å². The minimum absolute atomic E-state index is 0.0905. The van der Waals surface area contributed by atoms with Gasteiger partial charge in [0.05, 0.1) is 11.9 Å². The molecule has 0 saturated heterocycles. The fourth-order valence-electron chi connectivity index (χ4n) is 1.38. The zero-order valence-electron chi connectivity index (χ0n) is 11.4. The summed E-state index contributed by atoms with van der Waals surface area (Å²) >= 11 is 0. The molecule has 102 valence electrons. The molecule has 1 aromatic heterocycles. The van der Waals surface area contributed by atoms with Gasteiger partial charge in [-0.3, -0.25) is 10.1 Å². The van der Waals surface area contributed by atoms with E-state index >= 15 is 0 Å². The molecule has 0 aliphatic carbocycles. The van der Waals surface area contributed by atoms with Gasteiger partial charge in [0, 0.05) is 12.1 Å². The van der Waals surface area contributed by atoms with Crippen LogP contribution < -0.4 is 0 Å². The average molecular weight is 275 g/mol. The van der Waals surface area contributed by atoms with Crippen LogP contribution in [0.2, 0.25) is 0 Å². The van der Waals surface area contributed by atoms with E-state index in [9.17, 15) is 14.9 Å². The van der Waals surface area contributed by atoms with Crippen LogP contribution in [0.15, 0.2) is 46.0 Å². The monoisotopic (exact) mass is 275 g/mol. The standard InChI is InChI=1S/C13H10N2O5/c1-9-2-7-12(19-9)8-14-20-13(16)10-3-5-11(6-4-10)15(17)18/h2-8H,1H3/b14-8-/i8D. The Hall–Kier alpha value is -2.96. The molecule has 1 heterocycles. The third-order valence-corrected chi connectivity index (χ3v) is 2.34. The molecule has 0 unspecified atom stereocenters. The third-order valence-electron chi connectivity index (χ3n) is 2.34. The molecule has 2 rings (SSSR count). The summed E-state index contributed by atoms with van der Waals surface area (Å²) in [5.41, 5.74) is -0.0462. The van der Waals surface area contributed by atoms with Crippen LogP contribution in [0.3, 0.4) is 0 Å². The van der Waals surface area contributed by atoms with E-state index in [1.807, 2.05) is 0 Å². The lowest BCUT2D eigenvalue weighted by Gasteiger charge is -1.97. The number of hydrogen-bond acceptors (Lipinski definition) is 6. The first-order chi connectivity index (χ1) is 9.97. The van der Waals surface area contributed by atoms with Crippen molar-refractivity contribution in [3.63, 3.8) is 0 Å². The highest BCUT2D eigenvalue weighted by Gasteiger charge is 2.10. The highest BCUT2D eigenvalue weighted by atomic mass is 16.7. The van der Waals surface area contributed by atoms with E-state index in [1.54, 1.807) is 13.0 Å². The van der Waals surface area contributed by atoms with E-state index < -0.39 is 10.9 Å². The van der Waals surface area contributed by atoms with Crippen LogP contribution in [0.4, 0.5) is 5.69 Å². The number of furan rings is 1. The van der Waals surface area contributed by atoms with Crippen molar-refractivity contribution in [2.24, 2.45) is 5.16 Å². The second-order valence-corrected chi connectivity index (χ2v) is 3.80. The van der Waals surface area contributed by atoms with E-state index in [0.29, 0.717) is 5.76 Å². The van der Waals surface area contributed by atoms with Gasteiger partial charge in [-0.05, 0) is 31.2 Å². The van der Waals surface area contributed by atoms with Crippen LogP contribution in [0.1, 0.15) is 23.2 Å². The Bertz CT molecular complexity index is 706. The van der Waals surface area contributed by atoms with Gasteiger partial charge in [-0.1, -0.05) is 5.16 Å². The van der Waals surface area contributed by atoms with Crippen LogP contribution in [-0.2, 0) is 4.84 Å². The molecule has 0 atom stereocenters. The Morgan fingerprint density at radius 2 is 2.10 bits per heavy atom. The fraction of sp³-hybridized carbons (Fsp3) is 0.0769. The summed E-state index contributed by atoms with van der Waals surface area (Å²) in [7, 11) is 0. The molecule has 1 aromatic carbocycles. The van der Waals surface area contributed by atoms with Crippen LogP contribution in [0.25, 0.3) is 0 Å². The Labute approximate surface area is 115 Å². The lowest BCUT2D eigenvalue weighted by molar-refractivity contribution is -0.384. The van der Waals surface area contributed by atoms with Gasteiger partial charge < -0.3 is 9.25 Å². The molecule has 7 heteroatoms. The zero-order valence-corrected chi connectivity index (χ0v) is 10.4. The molecule has 0 saturated carbocycles. The number of oxime groups is 1. The smallest absolute Gasteiger partial charge is 0.365 e. The highest BCUT2D eigenvalue weighted by Crippen LogP contribution is 2.12. The average Bonchev–Trinajstić information content (AvgIpc) is 2.91. The normalized spacial score (nSPS) is 11.8. The van der Waals surface area contributed by atoms with E-state index in [4.69, 9.17) is 5.79 Å². The number of aryl methyl sites for hydroxylation is 1. The van der Waals surface area contributed by atoms with E-state index in [2.05, 4.69) is 9.99 Å². The lowest BCUT2D eigenvalue weighted by Crippen LogP contribution is -2.01. The third kappa shape index (κ3) is 3.29. The molecular weight excluding hydrogens is 264 g/mol. The Kier molecular flexibility index (Phi) is 3.50. The van der Waals surface area contributed by atoms with Gasteiger partial charge in [-0.2, -0.15) is 0 Å². The second-order valence-electron chi connectivity index (χ2n) is 3.80. The molecule has 0 aliphatic rings. The quantitative estimate of drug-likeness (QED) is 0.370. The number of nitro groups is 1. The van der Waals surface area contributed by atoms with Gasteiger partial charge in [0.25, 0.3) is 5.69 Å². The topological polar surface area (TPSA) is 94.9 Å². The van der Waals surface area contributed by atoms with Crippen LogP contribution in [-0.4, -0.2) is 17.1 Å². The first-order valence-corrected chi connectivity index (χ1v) is 5.54. The molecule has 0 amide bonds. The SMILES string of the molecule is [2H]/C(=N/OC(=O)c1ccc([N+](=O)[O-])cc1)c1ccc(C)o1. The van der Waals surface area contributed by atoms with Gasteiger partial charge in [0.2, 0.25) is 0 Å². The Balaban J connectivity index is 2.06. The summed E-state index contributed by atoms with van der Waals surface area (Å²) in [6.07, 6.45) is -0.335. The van der Waals surface area contributed by atoms with Gasteiger partial charge in [0.1, 0.15) is 17.7 Å². The zero-order chi connectivity index (χ0) is 15.4. The molecule has 0 radical (unpaired) electrons. The Morgan fingerprint density at radius 3 is 2.65 bits per heavy atom.